The zero-order chi connectivity index (χ0) is 9.61. The zero-order valence-electron chi connectivity index (χ0n) is 6.78. The first-order valence-corrected chi connectivity index (χ1v) is 5.12. The van der Waals surface area contributed by atoms with Gasteiger partial charge in [0.05, 0.1) is 6.61 Å². The lowest BCUT2D eigenvalue weighted by Crippen LogP contribution is -2.38. The maximum Gasteiger partial charge on any atom is 0.315 e. The average molecular weight is 234 g/mol. The van der Waals surface area contributed by atoms with Crippen molar-refractivity contribution in [3.63, 3.8) is 0 Å². The van der Waals surface area contributed by atoms with E-state index in [-0.39, 0.29) is 17.6 Å². The predicted molar refractivity (Wildman–Crippen MR) is 51.2 cm³/mol. The molecule has 0 saturated heterocycles. The Balaban J connectivity index is 4.36. The van der Waals surface area contributed by atoms with E-state index < -0.39 is 11.4 Å². The first kappa shape index (κ1) is 12.3. The molecule has 0 aliphatic carbocycles. The van der Waals surface area contributed by atoms with Gasteiger partial charge in [-0.2, -0.15) is 0 Å². The third-order valence-electron chi connectivity index (χ3n) is 1.48. The van der Waals surface area contributed by atoms with E-state index >= 15 is 0 Å². The van der Waals surface area contributed by atoms with Crippen LogP contribution in [0.15, 0.2) is 0 Å². The summed E-state index contributed by atoms with van der Waals surface area (Å²) in [4.78, 5) is 11.3. The molecule has 72 valence electrons. The molecule has 0 bridgehead atoms. The van der Waals surface area contributed by atoms with Crippen molar-refractivity contribution in [3.8, 4) is 0 Å². The Hall–Kier alpha value is 0.340. The normalized spacial score (nSPS) is 11.3. The second-order valence-electron chi connectivity index (χ2n) is 2.40. The number of rotatable bonds is 5. The number of carbonyl (C=O) groups is 1. The van der Waals surface area contributed by atoms with Crippen molar-refractivity contribution in [2.45, 2.75) is 6.92 Å². The van der Waals surface area contributed by atoms with Crippen LogP contribution in [-0.2, 0) is 9.53 Å². The Morgan fingerprint density at radius 3 is 1.92 bits per heavy atom. The standard InChI is InChI=1S/C7H11Cl3O2/c1-2-12-6(11)7(3-8,4-9)5-10/h2-5H2,1H3. The molecule has 0 rings (SSSR count). The van der Waals surface area contributed by atoms with E-state index in [4.69, 9.17) is 39.5 Å². The number of carbonyl (C=O) groups excluding carboxylic acids is 1. The Morgan fingerprint density at radius 2 is 1.67 bits per heavy atom. The Kier molecular flexibility index (Phi) is 6.06. The lowest BCUT2D eigenvalue weighted by Gasteiger charge is -2.23. The van der Waals surface area contributed by atoms with Gasteiger partial charge >= 0.3 is 5.97 Å². The fraction of sp³-hybridized carbons (Fsp3) is 0.857. The second kappa shape index (κ2) is 5.90. The average Bonchev–Trinajstić information content (AvgIpc) is 2.09. The molecule has 0 aliphatic heterocycles. The summed E-state index contributed by atoms with van der Waals surface area (Å²) in [6.07, 6.45) is 0. The number of halogens is 3. The van der Waals surface area contributed by atoms with Crippen molar-refractivity contribution >= 4 is 40.8 Å². The molecule has 0 fully saturated rings. The summed E-state index contributed by atoms with van der Waals surface area (Å²) in [6.45, 7) is 2.03. The topological polar surface area (TPSA) is 26.3 Å². The molecular formula is C7H11Cl3O2. The van der Waals surface area contributed by atoms with Gasteiger partial charge in [0.15, 0.2) is 0 Å². The third kappa shape index (κ3) is 2.68. The smallest absolute Gasteiger partial charge is 0.315 e. The van der Waals surface area contributed by atoms with Crippen LogP contribution >= 0.6 is 34.8 Å². The summed E-state index contributed by atoms with van der Waals surface area (Å²) in [6, 6.07) is 0. The molecule has 0 heterocycles. The van der Waals surface area contributed by atoms with E-state index in [2.05, 4.69) is 0 Å². The molecule has 0 N–H and O–H groups in total. The van der Waals surface area contributed by atoms with E-state index in [9.17, 15) is 4.79 Å². The van der Waals surface area contributed by atoms with Gasteiger partial charge in [0.1, 0.15) is 5.41 Å². The molecule has 0 atom stereocenters. The van der Waals surface area contributed by atoms with Crippen LogP contribution in [0.2, 0.25) is 0 Å². The first-order valence-electron chi connectivity index (χ1n) is 3.52. The number of ether oxygens (including phenoxy) is 1. The highest BCUT2D eigenvalue weighted by Crippen LogP contribution is 2.25. The highest BCUT2D eigenvalue weighted by molar-refractivity contribution is 6.27. The molecule has 0 aromatic heterocycles. The number of esters is 1. The third-order valence-corrected chi connectivity index (χ3v) is 3.01. The van der Waals surface area contributed by atoms with E-state index in [1.54, 1.807) is 6.92 Å². The van der Waals surface area contributed by atoms with E-state index in [1.165, 1.54) is 0 Å². The van der Waals surface area contributed by atoms with Crippen molar-refractivity contribution in [2.24, 2.45) is 5.41 Å². The van der Waals surface area contributed by atoms with E-state index in [0.717, 1.165) is 0 Å². The minimum Gasteiger partial charge on any atom is -0.465 e. The molecule has 0 spiro atoms. The summed E-state index contributed by atoms with van der Waals surface area (Å²) in [5, 5.41) is 0. The summed E-state index contributed by atoms with van der Waals surface area (Å²) < 4.78 is 4.79. The van der Waals surface area contributed by atoms with Crippen LogP contribution in [0.25, 0.3) is 0 Å². The van der Waals surface area contributed by atoms with E-state index in [0.29, 0.717) is 6.61 Å². The van der Waals surface area contributed by atoms with Gasteiger partial charge in [-0.15, -0.1) is 34.8 Å². The molecule has 12 heavy (non-hydrogen) atoms. The fourth-order valence-electron chi connectivity index (χ4n) is 0.555. The molecule has 0 unspecified atom stereocenters. The monoisotopic (exact) mass is 232 g/mol. The molecule has 0 radical (unpaired) electrons. The van der Waals surface area contributed by atoms with Crippen LogP contribution in [0, 0.1) is 5.41 Å². The molecule has 0 amide bonds. The first-order chi connectivity index (χ1) is 5.66. The molecule has 0 aromatic rings. The highest BCUT2D eigenvalue weighted by Gasteiger charge is 2.37. The van der Waals surface area contributed by atoms with Gasteiger partial charge in [-0.3, -0.25) is 4.79 Å². The quantitative estimate of drug-likeness (QED) is 0.538. The van der Waals surface area contributed by atoms with Gasteiger partial charge in [0.2, 0.25) is 0 Å². The van der Waals surface area contributed by atoms with Gasteiger partial charge in [-0.1, -0.05) is 0 Å². The predicted octanol–water partition coefficient (Wildman–Crippen LogP) is 2.25. The minimum absolute atomic E-state index is 0.0822. The maximum atomic E-state index is 11.3. The van der Waals surface area contributed by atoms with Crippen LogP contribution < -0.4 is 0 Å². The Morgan fingerprint density at radius 1 is 1.25 bits per heavy atom. The van der Waals surface area contributed by atoms with Crippen LogP contribution in [0.3, 0.4) is 0 Å². The Labute approximate surface area is 87.1 Å². The fourth-order valence-corrected chi connectivity index (χ4v) is 1.74. The lowest BCUT2D eigenvalue weighted by atomic mass is 9.96. The van der Waals surface area contributed by atoms with Crippen molar-refractivity contribution in [1.82, 2.24) is 0 Å². The number of alkyl halides is 3. The maximum absolute atomic E-state index is 11.3. The van der Waals surface area contributed by atoms with Crippen molar-refractivity contribution in [2.75, 3.05) is 24.2 Å². The molecular weight excluding hydrogens is 222 g/mol. The van der Waals surface area contributed by atoms with Gasteiger partial charge < -0.3 is 4.74 Å². The van der Waals surface area contributed by atoms with E-state index in [1.807, 2.05) is 0 Å². The lowest BCUT2D eigenvalue weighted by molar-refractivity contribution is -0.151. The van der Waals surface area contributed by atoms with Crippen LogP contribution in [0.4, 0.5) is 0 Å². The van der Waals surface area contributed by atoms with Crippen LogP contribution in [0.5, 0.6) is 0 Å². The summed E-state index contributed by atoms with van der Waals surface area (Å²) in [5.41, 5.74) is -0.930. The van der Waals surface area contributed by atoms with Gasteiger partial charge in [-0.05, 0) is 6.92 Å². The zero-order valence-corrected chi connectivity index (χ0v) is 9.05. The summed E-state index contributed by atoms with van der Waals surface area (Å²) in [5.74, 6) is -0.179. The summed E-state index contributed by atoms with van der Waals surface area (Å²) in [7, 11) is 0. The van der Waals surface area contributed by atoms with Crippen LogP contribution in [0.1, 0.15) is 6.92 Å². The largest absolute Gasteiger partial charge is 0.465 e. The Bertz CT molecular complexity index is 137. The highest BCUT2D eigenvalue weighted by atomic mass is 35.5. The van der Waals surface area contributed by atoms with Crippen molar-refractivity contribution in [3.05, 3.63) is 0 Å². The molecule has 5 heteroatoms. The minimum atomic E-state index is -0.930. The summed E-state index contributed by atoms with van der Waals surface area (Å²) >= 11 is 16.8. The second-order valence-corrected chi connectivity index (χ2v) is 3.20. The SMILES string of the molecule is CCOC(=O)C(CCl)(CCl)CCl. The number of hydrogen-bond donors (Lipinski definition) is 0. The molecule has 0 aliphatic rings. The molecule has 2 nitrogen and oxygen atoms in total. The van der Waals surface area contributed by atoms with Gasteiger partial charge in [0.25, 0.3) is 0 Å². The van der Waals surface area contributed by atoms with Gasteiger partial charge in [0, 0.05) is 17.6 Å². The molecule has 0 aromatic carbocycles. The number of hydrogen-bond acceptors (Lipinski definition) is 2. The van der Waals surface area contributed by atoms with Crippen LogP contribution in [-0.4, -0.2) is 30.2 Å². The van der Waals surface area contributed by atoms with Gasteiger partial charge in [-0.25, -0.2) is 0 Å². The van der Waals surface area contributed by atoms with Crippen molar-refractivity contribution < 1.29 is 9.53 Å². The van der Waals surface area contributed by atoms with Crippen molar-refractivity contribution in [1.29, 1.82) is 0 Å². The molecule has 0 saturated carbocycles.